The van der Waals surface area contributed by atoms with E-state index in [2.05, 4.69) is 25.3 Å². The second-order valence-corrected chi connectivity index (χ2v) is 7.14. The fraction of sp³-hybridized carbons (Fsp3) is 0.632. The maximum Gasteiger partial charge on any atom is 0.156 e. The number of rotatable bonds is 5. The maximum atomic E-state index is 12.1. The molecule has 3 rings (SSSR count). The van der Waals surface area contributed by atoms with Crippen LogP contribution in [-0.2, 0) is 14.3 Å². The highest BCUT2D eigenvalue weighted by Crippen LogP contribution is 2.64. The van der Waals surface area contributed by atoms with Gasteiger partial charge in [0.1, 0.15) is 5.60 Å². The second-order valence-electron chi connectivity index (χ2n) is 7.14. The number of ether oxygens (including phenoxy) is 2. The predicted molar refractivity (Wildman–Crippen MR) is 86.3 cm³/mol. The molecule has 2 fully saturated rings. The third-order valence-electron chi connectivity index (χ3n) is 5.71. The summed E-state index contributed by atoms with van der Waals surface area (Å²) in [4.78, 5) is 12.1. The van der Waals surface area contributed by atoms with E-state index in [4.69, 9.17) is 9.47 Å². The molecule has 2 bridgehead atoms. The first kappa shape index (κ1) is 15.7. The molecular formula is C19H26O3. The number of allylic oxidation sites excluding steroid dienone is 4. The lowest BCUT2D eigenvalue weighted by Gasteiger charge is -2.51. The Morgan fingerprint density at radius 1 is 1.45 bits per heavy atom. The summed E-state index contributed by atoms with van der Waals surface area (Å²) in [6, 6.07) is 0. The molecule has 0 aromatic carbocycles. The molecule has 1 spiro atoms. The van der Waals surface area contributed by atoms with Crippen LogP contribution in [0.4, 0.5) is 0 Å². The van der Waals surface area contributed by atoms with Gasteiger partial charge in [-0.15, -0.1) is 0 Å². The summed E-state index contributed by atoms with van der Waals surface area (Å²) in [6.07, 6.45) is 8.63. The summed E-state index contributed by atoms with van der Waals surface area (Å²) in [6.45, 7) is 12.8. The molecule has 22 heavy (non-hydrogen) atoms. The molecular weight excluding hydrogens is 276 g/mol. The molecule has 3 heteroatoms. The highest BCUT2D eigenvalue weighted by Gasteiger charge is 2.61. The van der Waals surface area contributed by atoms with Gasteiger partial charge < -0.3 is 14.3 Å². The average Bonchev–Trinajstić information content (AvgIpc) is 2.73. The van der Waals surface area contributed by atoms with Crippen molar-refractivity contribution in [3.63, 3.8) is 0 Å². The Hall–Kier alpha value is -1.19. The largest absolute Gasteiger partial charge is 0.353 e. The lowest BCUT2D eigenvalue weighted by Crippen LogP contribution is -2.55. The van der Waals surface area contributed by atoms with E-state index in [9.17, 15) is 4.79 Å². The smallest absolute Gasteiger partial charge is 0.156 e. The van der Waals surface area contributed by atoms with Gasteiger partial charge in [0.05, 0.1) is 0 Å². The highest BCUT2D eigenvalue weighted by molar-refractivity contribution is 5.66. The fourth-order valence-corrected chi connectivity index (χ4v) is 4.84. The van der Waals surface area contributed by atoms with Crippen molar-refractivity contribution in [1.82, 2.24) is 0 Å². The van der Waals surface area contributed by atoms with Crippen LogP contribution < -0.4 is 0 Å². The van der Waals surface area contributed by atoms with Gasteiger partial charge in [0.25, 0.3) is 0 Å². The van der Waals surface area contributed by atoms with Crippen LogP contribution in [0.3, 0.4) is 0 Å². The Morgan fingerprint density at radius 2 is 2.23 bits per heavy atom. The Labute approximate surface area is 133 Å². The van der Waals surface area contributed by atoms with Crippen molar-refractivity contribution >= 4 is 6.29 Å². The van der Waals surface area contributed by atoms with Crippen molar-refractivity contribution in [3.05, 3.63) is 36.5 Å². The Bertz CT molecular complexity index is 535. The van der Waals surface area contributed by atoms with Crippen molar-refractivity contribution < 1.29 is 14.3 Å². The van der Waals surface area contributed by atoms with Crippen LogP contribution in [0.1, 0.15) is 39.5 Å². The SMILES string of the molecule is C=C1C=C[C@@]23CC(=C)[C@@H](C2)C[C@](C=O)(OC(C)OCC)[C@H]3C1. The number of hydrogen-bond acceptors (Lipinski definition) is 3. The summed E-state index contributed by atoms with van der Waals surface area (Å²) < 4.78 is 11.8. The van der Waals surface area contributed by atoms with Gasteiger partial charge in [-0.25, -0.2) is 0 Å². The van der Waals surface area contributed by atoms with Crippen LogP contribution in [0, 0.1) is 17.3 Å². The Morgan fingerprint density at radius 3 is 2.91 bits per heavy atom. The zero-order valence-corrected chi connectivity index (χ0v) is 13.6. The van der Waals surface area contributed by atoms with Gasteiger partial charge in [-0.3, -0.25) is 0 Å². The van der Waals surface area contributed by atoms with E-state index in [1.54, 1.807) is 0 Å². The number of fused-ring (bicyclic) bond motifs is 1. The zero-order chi connectivity index (χ0) is 16.0. The minimum absolute atomic E-state index is 0.00797. The molecule has 0 amide bonds. The van der Waals surface area contributed by atoms with E-state index in [0.29, 0.717) is 12.5 Å². The van der Waals surface area contributed by atoms with Crippen LogP contribution in [0.2, 0.25) is 0 Å². The monoisotopic (exact) mass is 302 g/mol. The van der Waals surface area contributed by atoms with E-state index in [1.165, 1.54) is 5.57 Å². The highest BCUT2D eigenvalue weighted by atomic mass is 16.7. The van der Waals surface area contributed by atoms with Crippen LogP contribution in [0.5, 0.6) is 0 Å². The third kappa shape index (κ3) is 2.31. The van der Waals surface area contributed by atoms with E-state index < -0.39 is 5.60 Å². The van der Waals surface area contributed by atoms with Crippen LogP contribution >= 0.6 is 0 Å². The number of carbonyl (C=O) groups excluding carboxylic acids is 1. The molecule has 2 saturated carbocycles. The normalized spacial score (nSPS) is 41.4. The minimum Gasteiger partial charge on any atom is -0.353 e. The molecule has 0 N–H and O–H groups in total. The predicted octanol–water partition coefficient (Wildman–Crippen LogP) is 3.81. The molecule has 0 saturated heterocycles. The first-order valence-corrected chi connectivity index (χ1v) is 8.25. The van der Waals surface area contributed by atoms with Gasteiger partial charge in [-0.1, -0.05) is 36.5 Å². The standard InChI is InChI=1S/C19H26O3/c1-5-21-15(4)22-19(12-20)11-16-10-18(9-14(16)3)7-6-13(2)8-17(18)19/h6-7,12,15-17H,2-3,5,8-11H2,1,4H3/t15?,16-,17-,18+,19+/m0/s1. The number of hydrogen-bond donors (Lipinski definition) is 0. The lowest BCUT2D eigenvalue weighted by molar-refractivity contribution is -0.229. The summed E-state index contributed by atoms with van der Waals surface area (Å²) in [5.41, 5.74) is 1.56. The van der Waals surface area contributed by atoms with Gasteiger partial charge >= 0.3 is 0 Å². The number of carbonyl (C=O) groups is 1. The summed E-state index contributed by atoms with van der Waals surface area (Å²) in [7, 11) is 0. The maximum absolute atomic E-state index is 12.1. The topological polar surface area (TPSA) is 35.5 Å². The van der Waals surface area contributed by atoms with Crippen molar-refractivity contribution in [2.45, 2.75) is 51.4 Å². The lowest BCUT2D eigenvalue weighted by atomic mass is 9.57. The molecule has 1 unspecified atom stereocenters. The van der Waals surface area contributed by atoms with Gasteiger partial charge in [0.2, 0.25) is 0 Å². The second kappa shape index (κ2) is 5.47. The Kier molecular flexibility index (Phi) is 3.90. The van der Waals surface area contributed by atoms with Crippen molar-refractivity contribution in [1.29, 1.82) is 0 Å². The summed E-state index contributed by atoms with van der Waals surface area (Å²) >= 11 is 0. The third-order valence-corrected chi connectivity index (χ3v) is 5.71. The molecule has 0 aliphatic heterocycles. The molecule has 3 aliphatic rings. The molecule has 120 valence electrons. The van der Waals surface area contributed by atoms with Crippen molar-refractivity contribution in [2.24, 2.45) is 17.3 Å². The molecule has 0 radical (unpaired) electrons. The number of aldehydes is 1. The van der Waals surface area contributed by atoms with Crippen molar-refractivity contribution in [2.75, 3.05) is 6.61 Å². The van der Waals surface area contributed by atoms with Crippen LogP contribution in [-0.4, -0.2) is 24.8 Å². The van der Waals surface area contributed by atoms with Gasteiger partial charge in [-0.2, -0.15) is 0 Å². The summed E-state index contributed by atoms with van der Waals surface area (Å²) in [5.74, 6) is 0.500. The van der Waals surface area contributed by atoms with Crippen molar-refractivity contribution in [3.8, 4) is 0 Å². The summed E-state index contributed by atoms with van der Waals surface area (Å²) in [5, 5.41) is 0. The van der Waals surface area contributed by atoms with Crippen LogP contribution in [0.15, 0.2) is 36.5 Å². The zero-order valence-electron chi connectivity index (χ0n) is 13.6. The van der Waals surface area contributed by atoms with Gasteiger partial charge in [0.15, 0.2) is 12.6 Å². The average molecular weight is 302 g/mol. The molecule has 3 nitrogen and oxygen atoms in total. The van der Waals surface area contributed by atoms with E-state index in [1.807, 2.05) is 13.8 Å². The van der Waals surface area contributed by atoms with Gasteiger partial charge in [0, 0.05) is 12.5 Å². The van der Waals surface area contributed by atoms with E-state index in [0.717, 1.165) is 37.5 Å². The quantitative estimate of drug-likeness (QED) is 0.440. The molecule has 0 aromatic rings. The Balaban J connectivity index is 1.99. The molecule has 0 heterocycles. The first-order valence-electron chi connectivity index (χ1n) is 8.25. The van der Waals surface area contributed by atoms with Crippen LogP contribution in [0.25, 0.3) is 0 Å². The molecule has 5 atom stereocenters. The molecule has 0 aromatic heterocycles. The first-order chi connectivity index (χ1) is 10.4. The fourth-order valence-electron chi connectivity index (χ4n) is 4.84. The van der Waals surface area contributed by atoms with Gasteiger partial charge in [-0.05, 0) is 50.9 Å². The molecule has 3 aliphatic carbocycles. The van der Waals surface area contributed by atoms with E-state index in [-0.39, 0.29) is 17.6 Å². The van der Waals surface area contributed by atoms with E-state index >= 15 is 0 Å². The minimum atomic E-state index is -0.787.